The van der Waals surface area contributed by atoms with Gasteiger partial charge in [0.05, 0.1) is 0 Å². The quantitative estimate of drug-likeness (QED) is 0.517. The van der Waals surface area contributed by atoms with Gasteiger partial charge >= 0.3 is 0 Å². The predicted molar refractivity (Wildman–Crippen MR) is 36.3 cm³/mol. The summed E-state index contributed by atoms with van der Waals surface area (Å²) in [5, 5.41) is 0. The first-order valence-electron chi connectivity index (χ1n) is 3.01. The van der Waals surface area contributed by atoms with Crippen molar-refractivity contribution in [2.24, 2.45) is 0 Å². The van der Waals surface area contributed by atoms with Gasteiger partial charge in [0.2, 0.25) is 0 Å². The summed E-state index contributed by atoms with van der Waals surface area (Å²) >= 11 is 0. The Morgan fingerprint density at radius 3 is 2.25 bits per heavy atom. The van der Waals surface area contributed by atoms with Crippen molar-refractivity contribution < 1.29 is 0 Å². The fourth-order valence-electron chi connectivity index (χ4n) is 1.08. The van der Waals surface area contributed by atoms with Crippen LogP contribution in [0.25, 0.3) is 0 Å². The van der Waals surface area contributed by atoms with Gasteiger partial charge in [0, 0.05) is 6.04 Å². The summed E-state index contributed by atoms with van der Waals surface area (Å²) in [6.07, 6.45) is 2.80. The van der Waals surface area contributed by atoms with Gasteiger partial charge in [-0.05, 0) is 33.4 Å². The van der Waals surface area contributed by atoms with Crippen molar-refractivity contribution in [3.05, 3.63) is 0 Å². The highest BCUT2D eigenvalue weighted by Crippen LogP contribution is 2.12. The Morgan fingerprint density at radius 2 is 2.12 bits per heavy atom. The molecule has 0 aromatic heterocycles. The Morgan fingerprint density at radius 1 is 1.50 bits per heavy atom. The standard InChI is InChI=1S/C6H13N.H3N/c1-6-4-3-5-7(6)2;/h6H,3-5H2,1-2H3;1H3. The molecule has 1 rings (SSSR count). The molecule has 1 saturated heterocycles. The highest BCUT2D eigenvalue weighted by Gasteiger charge is 2.14. The van der Waals surface area contributed by atoms with E-state index in [9.17, 15) is 0 Å². The summed E-state index contributed by atoms with van der Waals surface area (Å²) < 4.78 is 0. The van der Waals surface area contributed by atoms with E-state index in [0.717, 1.165) is 6.04 Å². The topological polar surface area (TPSA) is 38.2 Å². The molecule has 50 valence electrons. The maximum Gasteiger partial charge on any atom is 0.00643 e. The predicted octanol–water partition coefficient (Wildman–Crippen LogP) is 1.26. The van der Waals surface area contributed by atoms with E-state index in [0.29, 0.717) is 0 Å². The second-order valence-corrected chi connectivity index (χ2v) is 2.47. The van der Waals surface area contributed by atoms with E-state index in [1.54, 1.807) is 0 Å². The summed E-state index contributed by atoms with van der Waals surface area (Å²) in [5.41, 5.74) is 0. The van der Waals surface area contributed by atoms with E-state index in [1.807, 2.05) is 0 Å². The van der Waals surface area contributed by atoms with Gasteiger partial charge in [-0.15, -0.1) is 0 Å². The smallest absolute Gasteiger partial charge is 0.00643 e. The summed E-state index contributed by atoms with van der Waals surface area (Å²) in [7, 11) is 2.19. The zero-order valence-corrected chi connectivity index (χ0v) is 5.85. The lowest BCUT2D eigenvalue weighted by Crippen LogP contribution is -2.20. The van der Waals surface area contributed by atoms with Crippen LogP contribution in [0.15, 0.2) is 0 Å². The molecule has 2 heteroatoms. The molecule has 3 N–H and O–H groups in total. The van der Waals surface area contributed by atoms with E-state index >= 15 is 0 Å². The number of rotatable bonds is 0. The van der Waals surface area contributed by atoms with Gasteiger partial charge in [0.1, 0.15) is 0 Å². The highest BCUT2D eigenvalue weighted by atomic mass is 15.1. The average Bonchev–Trinajstić information content (AvgIpc) is 1.91. The monoisotopic (exact) mass is 116 g/mol. The molecule has 0 radical (unpaired) electrons. The van der Waals surface area contributed by atoms with Crippen LogP contribution in [0.3, 0.4) is 0 Å². The van der Waals surface area contributed by atoms with Crippen LogP contribution in [0.5, 0.6) is 0 Å². The summed E-state index contributed by atoms with van der Waals surface area (Å²) in [5.74, 6) is 0. The zero-order chi connectivity index (χ0) is 5.28. The Balaban J connectivity index is 0.000000490. The Labute approximate surface area is 51.5 Å². The molecular formula is C6H16N2. The molecule has 0 bridgehead atoms. The van der Waals surface area contributed by atoms with E-state index < -0.39 is 0 Å². The third kappa shape index (κ3) is 1.46. The Kier molecular flexibility index (Phi) is 3.02. The van der Waals surface area contributed by atoms with Crippen molar-refractivity contribution in [1.29, 1.82) is 0 Å². The number of nitrogens with zero attached hydrogens (tertiary/aromatic N) is 1. The molecule has 1 atom stereocenters. The third-order valence-electron chi connectivity index (χ3n) is 1.89. The molecule has 1 heterocycles. The summed E-state index contributed by atoms with van der Waals surface area (Å²) in [4.78, 5) is 2.40. The van der Waals surface area contributed by atoms with Crippen LogP contribution in [0, 0.1) is 0 Å². The maximum atomic E-state index is 2.40. The Bertz CT molecular complexity index is 55.5. The van der Waals surface area contributed by atoms with Gasteiger partial charge in [-0.1, -0.05) is 0 Å². The van der Waals surface area contributed by atoms with Gasteiger partial charge < -0.3 is 11.1 Å². The fraction of sp³-hybridized carbons (Fsp3) is 1.00. The minimum absolute atomic E-state index is 0. The van der Waals surface area contributed by atoms with Gasteiger partial charge in [-0.25, -0.2) is 0 Å². The van der Waals surface area contributed by atoms with Gasteiger partial charge in [-0.2, -0.15) is 0 Å². The van der Waals surface area contributed by atoms with Crippen LogP contribution in [0.1, 0.15) is 19.8 Å². The van der Waals surface area contributed by atoms with Gasteiger partial charge in [0.25, 0.3) is 0 Å². The lowest BCUT2D eigenvalue weighted by atomic mass is 10.3. The van der Waals surface area contributed by atoms with Crippen molar-refractivity contribution in [1.82, 2.24) is 11.1 Å². The van der Waals surface area contributed by atoms with E-state index in [1.165, 1.54) is 19.4 Å². The van der Waals surface area contributed by atoms with Crippen LogP contribution in [0.2, 0.25) is 0 Å². The molecule has 0 aromatic carbocycles. The summed E-state index contributed by atoms with van der Waals surface area (Å²) in [6.45, 7) is 3.59. The first-order chi connectivity index (χ1) is 3.30. The number of hydrogen-bond donors (Lipinski definition) is 1. The second-order valence-electron chi connectivity index (χ2n) is 2.47. The average molecular weight is 116 g/mol. The molecule has 1 fully saturated rings. The van der Waals surface area contributed by atoms with E-state index in [-0.39, 0.29) is 6.15 Å². The summed E-state index contributed by atoms with van der Waals surface area (Å²) in [6, 6.07) is 0.847. The molecule has 0 spiro atoms. The van der Waals surface area contributed by atoms with Crippen molar-refractivity contribution in [2.75, 3.05) is 13.6 Å². The van der Waals surface area contributed by atoms with Crippen LogP contribution in [0.4, 0.5) is 0 Å². The molecule has 2 nitrogen and oxygen atoms in total. The van der Waals surface area contributed by atoms with Gasteiger partial charge in [0.15, 0.2) is 0 Å². The van der Waals surface area contributed by atoms with Gasteiger partial charge in [-0.3, -0.25) is 0 Å². The Hall–Kier alpha value is -0.0800. The molecule has 0 aliphatic carbocycles. The molecule has 0 aromatic rings. The number of likely N-dealkylation sites (tertiary alicyclic amines) is 1. The van der Waals surface area contributed by atoms with Crippen LogP contribution >= 0.6 is 0 Å². The van der Waals surface area contributed by atoms with Crippen LogP contribution < -0.4 is 6.15 Å². The lowest BCUT2D eigenvalue weighted by molar-refractivity contribution is 0.331. The molecule has 1 aliphatic rings. The normalized spacial score (nSPS) is 30.0. The molecule has 1 unspecified atom stereocenters. The van der Waals surface area contributed by atoms with Crippen molar-refractivity contribution in [3.8, 4) is 0 Å². The third-order valence-corrected chi connectivity index (χ3v) is 1.89. The molecule has 8 heavy (non-hydrogen) atoms. The molecule has 0 saturated carbocycles. The minimum atomic E-state index is 0. The van der Waals surface area contributed by atoms with Crippen LogP contribution in [-0.2, 0) is 0 Å². The zero-order valence-electron chi connectivity index (χ0n) is 5.85. The first-order valence-corrected chi connectivity index (χ1v) is 3.01. The molecule has 0 amide bonds. The highest BCUT2D eigenvalue weighted by molar-refractivity contribution is 4.70. The van der Waals surface area contributed by atoms with Crippen molar-refractivity contribution in [3.63, 3.8) is 0 Å². The first kappa shape index (κ1) is 7.92. The van der Waals surface area contributed by atoms with E-state index in [4.69, 9.17) is 0 Å². The number of hydrogen-bond acceptors (Lipinski definition) is 2. The lowest BCUT2D eigenvalue weighted by Gasteiger charge is -2.12. The molecule has 1 aliphatic heterocycles. The maximum absolute atomic E-state index is 2.40. The van der Waals surface area contributed by atoms with Crippen LogP contribution in [-0.4, -0.2) is 24.5 Å². The molecular weight excluding hydrogens is 100 g/mol. The largest absolute Gasteiger partial charge is 0.344 e. The van der Waals surface area contributed by atoms with Crippen molar-refractivity contribution in [2.45, 2.75) is 25.8 Å². The van der Waals surface area contributed by atoms with E-state index in [2.05, 4.69) is 18.9 Å². The minimum Gasteiger partial charge on any atom is -0.344 e. The van der Waals surface area contributed by atoms with Crippen molar-refractivity contribution >= 4 is 0 Å². The second kappa shape index (κ2) is 3.05. The SMILES string of the molecule is CC1CCCN1C.N. The fourth-order valence-corrected chi connectivity index (χ4v) is 1.08.